The van der Waals surface area contributed by atoms with Gasteiger partial charge in [0.1, 0.15) is 5.60 Å². The molecule has 0 aromatic rings. The van der Waals surface area contributed by atoms with E-state index in [9.17, 15) is 4.79 Å². The minimum atomic E-state index is -1.80. The molecule has 2 aliphatic rings. The lowest BCUT2D eigenvalue weighted by Crippen LogP contribution is -2.65. The zero-order valence-electron chi connectivity index (χ0n) is 19.6. The highest BCUT2D eigenvalue weighted by Gasteiger charge is 2.55. The molecular formula is C22H43NO4Si. The molecule has 2 rings (SSSR count). The summed E-state index contributed by atoms with van der Waals surface area (Å²) in [4.78, 5) is 13.9. The van der Waals surface area contributed by atoms with E-state index in [-0.39, 0.29) is 11.5 Å². The van der Waals surface area contributed by atoms with E-state index in [1.54, 1.807) is 0 Å². The number of carbonyl (C=O) groups excluding carboxylic acids is 1. The zero-order valence-corrected chi connectivity index (χ0v) is 20.6. The lowest BCUT2D eigenvalue weighted by Gasteiger charge is -2.58. The summed E-state index contributed by atoms with van der Waals surface area (Å²) in [5.74, 6) is 0. The minimum Gasteiger partial charge on any atom is -0.444 e. The van der Waals surface area contributed by atoms with Crippen LogP contribution in [0, 0.1) is 5.41 Å². The Morgan fingerprint density at radius 3 is 1.93 bits per heavy atom. The summed E-state index contributed by atoms with van der Waals surface area (Å²) in [5, 5.41) is 0. The van der Waals surface area contributed by atoms with Crippen molar-refractivity contribution in [1.82, 2.24) is 4.90 Å². The second kappa shape index (κ2) is 8.64. The van der Waals surface area contributed by atoms with Gasteiger partial charge in [-0.15, -0.1) is 0 Å². The molecule has 0 aromatic carbocycles. The van der Waals surface area contributed by atoms with Crippen LogP contribution in [0.2, 0.25) is 16.6 Å². The van der Waals surface area contributed by atoms with Gasteiger partial charge in [0.05, 0.1) is 19.3 Å². The molecular weight excluding hydrogens is 370 g/mol. The summed E-state index contributed by atoms with van der Waals surface area (Å²) in [6.07, 6.45) is 2.23. The molecule has 0 atom stereocenters. The Hall–Kier alpha value is -0.593. The van der Waals surface area contributed by atoms with Crippen molar-refractivity contribution in [2.75, 3.05) is 26.3 Å². The van der Waals surface area contributed by atoms with Crippen LogP contribution in [0.15, 0.2) is 0 Å². The highest BCUT2D eigenvalue weighted by atomic mass is 28.4. The summed E-state index contributed by atoms with van der Waals surface area (Å²) in [7, 11) is -1.80. The number of carbonyl (C=O) groups is 1. The standard InChI is InChI=1S/C22H43NO4Si/c1-16(2)28(17(3)4,18(5)6)26-11-10-25-19-12-22(13-19)14-23(15-22)20(24)27-21(7,8)9/h16-19H,10-15H2,1-9H3. The first kappa shape index (κ1) is 23.7. The van der Waals surface area contributed by atoms with Gasteiger partial charge in [-0.05, 0) is 50.2 Å². The van der Waals surface area contributed by atoms with E-state index in [4.69, 9.17) is 13.9 Å². The van der Waals surface area contributed by atoms with E-state index in [0.29, 0.717) is 35.9 Å². The molecule has 6 heteroatoms. The first-order valence-electron chi connectivity index (χ1n) is 11.0. The summed E-state index contributed by atoms with van der Waals surface area (Å²) in [6.45, 7) is 22.6. The maximum Gasteiger partial charge on any atom is 0.410 e. The van der Waals surface area contributed by atoms with Gasteiger partial charge in [0.2, 0.25) is 0 Å². The number of hydrogen-bond donors (Lipinski definition) is 0. The lowest BCUT2D eigenvalue weighted by molar-refractivity contribution is -0.149. The number of hydrogen-bond acceptors (Lipinski definition) is 4. The smallest absolute Gasteiger partial charge is 0.410 e. The Bertz CT molecular complexity index is 505. The third kappa shape index (κ3) is 5.11. The van der Waals surface area contributed by atoms with Crippen molar-refractivity contribution in [1.29, 1.82) is 0 Å². The van der Waals surface area contributed by atoms with Gasteiger partial charge in [-0.1, -0.05) is 41.5 Å². The van der Waals surface area contributed by atoms with Crippen LogP contribution < -0.4 is 0 Å². The molecule has 28 heavy (non-hydrogen) atoms. The van der Waals surface area contributed by atoms with Gasteiger partial charge in [0.15, 0.2) is 8.32 Å². The van der Waals surface area contributed by atoms with E-state index >= 15 is 0 Å². The molecule has 0 aromatic heterocycles. The van der Waals surface area contributed by atoms with Crippen LogP contribution in [0.4, 0.5) is 4.79 Å². The van der Waals surface area contributed by atoms with Crippen molar-refractivity contribution in [3.63, 3.8) is 0 Å². The number of nitrogens with zero attached hydrogens (tertiary/aromatic N) is 1. The average Bonchev–Trinajstić information content (AvgIpc) is 2.43. The Morgan fingerprint density at radius 2 is 1.50 bits per heavy atom. The second-order valence-corrected chi connectivity index (χ2v) is 16.4. The molecule has 0 radical (unpaired) electrons. The average molecular weight is 414 g/mol. The molecule has 5 nitrogen and oxygen atoms in total. The van der Waals surface area contributed by atoms with Crippen molar-refractivity contribution in [2.24, 2.45) is 5.41 Å². The van der Waals surface area contributed by atoms with E-state index < -0.39 is 13.9 Å². The van der Waals surface area contributed by atoms with E-state index in [1.807, 2.05) is 25.7 Å². The highest BCUT2D eigenvalue weighted by Crippen LogP contribution is 2.50. The molecule has 0 bridgehead atoms. The minimum absolute atomic E-state index is 0.187. The van der Waals surface area contributed by atoms with Gasteiger partial charge in [-0.3, -0.25) is 0 Å². The third-order valence-corrected chi connectivity index (χ3v) is 12.6. The predicted molar refractivity (Wildman–Crippen MR) is 116 cm³/mol. The van der Waals surface area contributed by atoms with Crippen LogP contribution in [0.3, 0.4) is 0 Å². The van der Waals surface area contributed by atoms with Crippen molar-refractivity contribution < 1.29 is 18.7 Å². The SMILES string of the molecule is CC(C)[Si](OCCOC1CC2(C1)CN(C(=O)OC(C)(C)C)C2)(C(C)C)C(C)C. The normalized spacial score (nSPS) is 20.1. The van der Waals surface area contributed by atoms with E-state index in [2.05, 4.69) is 41.5 Å². The number of ether oxygens (including phenoxy) is 2. The molecule has 1 spiro atoms. The van der Waals surface area contributed by atoms with Crippen molar-refractivity contribution in [3.8, 4) is 0 Å². The highest BCUT2D eigenvalue weighted by molar-refractivity contribution is 6.77. The summed E-state index contributed by atoms with van der Waals surface area (Å²) < 4.78 is 18.1. The number of likely N-dealkylation sites (tertiary alicyclic amines) is 1. The fourth-order valence-corrected chi connectivity index (χ4v) is 10.9. The molecule has 1 heterocycles. The zero-order chi connectivity index (χ0) is 21.3. The van der Waals surface area contributed by atoms with Crippen LogP contribution in [-0.2, 0) is 13.9 Å². The first-order chi connectivity index (χ1) is 12.8. The molecule has 1 saturated carbocycles. The molecule has 164 valence electrons. The van der Waals surface area contributed by atoms with Crippen LogP contribution in [-0.4, -0.2) is 57.3 Å². The van der Waals surface area contributed by atoms with E-state index in [0.717, 1.165) is 25.9 Å². The van der Waals surface area contributed by atoms with Crippen molar-refractivity contribution >= 4 is 14.4 Å². The maximum absolute atomic E-state index is 12.1. The molecule has 1 aliphatic carbocycles. The quantitative estimate of drug-likeness (QED) is 0.384. The van der Waals surface area contributed by atoms with Gasteiger partial charge in [0, 0.05) is 18.5 Å². The topological polar surface area (TPSA) is 48.0 Å². The van der Waals surface area contributed by atoms with Gasteiger partial charge >= 0.3 is 6.09 Å². The molecule has 2 fully saturated rings. The third-order valence-electron chi connectivity index (χ3n) is 6.52. The van der Waals surface area contributed by atoms with Gasteiger partial charge in [0.25, 0.3) is 0 Å². The summed E-state index contributed by atoms with van der Waals surface area (Å²) >= 11 is 0. The fraction of sp³-hybridized carbons (Fsp3) is 0.955. The Morgan fingerprint density at radius 1 is 1.00 bits per heavy atom. The molecule has 0 N–H and O–H groups in total. The Kier molecular flexibility index (Phi) is 7.31. The van der Waals surface area contributed by atoms with Crippen LogP contribution in [0.5, 0.6) is 0 Å². The first-order valence-corrected chi connectivity index (χ1v) is 13.2. The number of rotatable bonds is 8. The molecule has 1 aliphatic heterocycles. The summed E-state index contributed by atoms with van der Waals surface area (Å²) in [5.41, 5.74) is 1.66. The Balaban J connectivity index is 1.68. The molecule has 1 saturated heterocycles. The van der Waals surface area contributed by atoms with Crippen molar-refractivity contribution in [2.45, 2.75) is 103 Å². The van der Waals surface area contributed by atoms with Gasteiger partial charge in [-0.25, -0.2) is 4.79 Å². The van der Waals surface area contributed by atoms with Crippen molar-refractivity contribution in [3.05, 3.63) is 0 Å². The van der Waals surface area contributed by atoms with Gasteiger partial charge in [-0.2, -0.15) is 0 Å². The number of amides is 1. The fourth-order valence-electron chi connectivity index (χ4n) is 5.43. The van der Waals surface area contributed by atoms with Gasteiger partial charge < -0.3 is 18.8 Å². The van der Waals surface area contributed by atoms with Crippen LogP contribution in [0.1, 0.15) is 75.2 Å². The Labute approximate surface area is 173 Å². The van der Waals surface area contributed by atoms with Crippen LogP contribution in [0.25, 0.3) is 0 Å². The molecule has 0 unspecified atom stereocenters. The van der Waals surface area contributed by atoms with E-state index in [1.165, 1.54) is 0 Å². The van der Waals surface area contributed by atoms with Crippen LogP contribution >= 0.6 is 0 Å². The second-order valence-electron chi connectivity index (χ2n) is 10.9. The maximum atomic E-state index is 12.1. The lowest BCUT2D eigenvalue weighted by atomic mass is 9.62. The summed E-state index contributed by atoms with van der Waals surface area (Å²) in [6, 6.07) is 0. The largest absolute Gasteiger partial charge is 0.444 e. The monoisotopic (exact) mass is 413 g/mol. The predicted octanol–water partition coefficient (Wildman–Crippen LogP) is 5.59. The molecule has 1 amide bonds.